The molecule has 2 aliphatic heterocycles. The predicted molar refractivity (Wildman–Crippen MR) is 81.3 cm³/mol. The Hall–Kier alpha value is -0.780. The van der Waals surface area contributed by atoms with Crippen LogP contribution in [0.2, 0.25) is 0 Å². The first-order chi connectivity index (χ1) is 10.2. The van der Waals surface area contributed by atoms with Crippen molar-refractivity contribution in [3.63, 3.8) is 0 Å². The van der Waals surface area contributed by atoms with Crippen molar-refractivity contribution >= 4 is 11.6 Å². The van der Waals surface area contributed by atoms with E-state index in [0.29, 0.717) is 24.7 Å². The maximum atomic E-state index is 11.5. The first-order valence-corrected chi connectivity index (χ1v) is 8.24. The number of carbonyl (C=O) groups excluding carboxylic acids is 2. The van der Waals surface area contributed by atoms with Gasteiger partial charge < -0.3 is 14.6 Å². The summed E-state index contributed by atoms with van der Waals surface area (Å²) >= 11 is 0. The lowest BCUT2D eigenvalue weighted by atomic mass is 9.81. The topological polar surface area (TPSA) is 72.8 Å². The van der Waals surface area contributed by atoms with Gasteiger partial charge in [0.05, 0.1) is 12.2 Å². The van der Waals surface area contributed by atoms with Crippen molar-refractivity contribution in [1.29, 1.82) is 0 Å². The average molecular weight is 312 g/mol. The van der Waals surface area contributed by atoms with Crippen LogP contribution in [-0.2, 0) is 19.1 Å². The Morgan fingerprint density at radius 3 is 2.27 bits per heavy atom. The monoisotopic (exact) mass is 312 g/mol. The average Bonchev–Trinajstić information content (AvgIpc) is 2.34. The van der Waals surface area contributed by atoms with E-state index in [4.69, 9.17) is 9.47 Å². The number of hydrogen-bond donors (Lipinski definition) is 1. The summed E-state index contributed by atoms with van der Waals surface area (Å²) in [4.78, 5) is 22.9. The molecule has 5 nitrogen and oxygen atoms in total. The van der Waals surface area contributed by atoms with E-state index in [9.17, 15) is 14.7 Å². The minimum absolute atomic E-state index is 0.110. The van der Waals surface area contributed by atoms with E-state index >= 15 is 0 Å². The number of ether oxygens (including phenoxy) is 2. The molecule has 126 valence electrons. The molecular weight excluding hydrogens is 284 g/mol. The summed E-state index contributed by atoms with van der Waals surface area (Å²) in [7, 11) is 0. The number of carbonyl (C=O) groups is 2. The molecule has 0 amide bonds. The van der Waals surface area contributed by atoms with Crippen LogP contribution in [-0.4, -0.2) is 40.8 Å². The normalized spacial score (nSPS) is 40.4. The molecule has 3 unspecified atom stereocenters. The third kappa shape index (κ3) is 4.15. The van der Waals surface area contributed by atoms with Crippen molar-refractivity contribution in [1.82, 2.24) is 0 Å². The lowest BCUT2D eigenvalue weighted by Crippen LogP contribution is -2.55. The molecule has 2 saturated heterocycles. The van der Waals surface area contributed by atoms with E-state index in [1.165, 1.54) is 6.92 Å². The highest BCUT2D eigenvalue weighted by Gasteiger charge is 2.48. The molecule has 2 aliphatic rings. The van der Waals surface area contributed by atoms with E-state index in [2.05, 4.69) is 13.8 Å². The van der Waals surface area contributed by atoms with Crippen LogP contribution in [0, 0.1) is 11.8 Å². The molecule has 6 atom stereocenters. The molecular formula is C17H28O5. The van der Waals surface area contributed by atoms with Crippen LogP contribution >= 0.6 is 0 Å². The number of ketones is 2. The van der Waals surface area contributed by atoms with Crippen molar-refractivity contribution in [2.75, 3.05) is 0 Å². The van der Waals surface area contributed by atoms with Crippen molar-refractivity contribution in [3.8, 4) is 0 Å². The summed E-state index contributed by atoms with van der Waals surface area (Å²) in [6.07, 6.45) is 1.61. The maximum Gasteiger partial charge on any atom is 0.169 e. The zero-order chi connectivity index (χ0) is 16.5. The van der Waals surface area contributed by atoms with E-state index in [-0.39, 0.29) is 17.7 Å². The third-order valence-corrected chi connectivity index (χ3v) is 4.65. The van der Waals surface area contributed by atoms with Crippen LogP contribution in [0.15, 0.2) is 0 Å². The SMILES string of the molecule is CC(=O)CC1CC(C)CC2(C[C@@H](C)C[C@@H]([C@@H](O)C(C)=O)O2)O1. The molecule has 0 aromatic carbocycles. The summed E-state index contributed by atoms with van der Waals surface area (Å²) in [6.45, 7) is 7.17. The Kier molecular flexibility index (Phi) is 5.41. The van der Waals surface area contributed by atoms with Crippen molar-refractivity contribution in [2.24, 2.45) is 11.8 Å². The fourth-order valence-electron chi connectivity index (χ4n) is 3.95. The Balaban J connectivity index is 2.15. The number of aliphatic hydroxyl groups excluding tert-OH is 1. The molecule has 0 aliphatic carbocycles. The second-order valence-electron chi connectivity index (χ2n) is 7.36. The van der Waals surface area contributed by atoms with Crippen LogP contribution < -0.4 is 0 Å². The van der Waals surface area contributed by atoms with Gasteiger partial charge >= 0.3 is 0 Å². The van der Waals surface area contributed by atoms with Crippen LogP contribution in [0.4, 0.5) is 0 Å². The van der Waals surface area contributed by atoms with Gasteiger partial charge in [-0.1, -0.05) is 13.8 Å². The zero-order valence-corrected chi connectivity index (χ0v) is 14.0. The van der Waals surface area contributed by atoms with Gasteiger partial charge in [-0.05, 0) is 38.5 Å². The third-order valence-electron chi connectivity index (χ3n) is 4.65. The predicted octanol–water partition coefficient (Wildman–Crippen LogP) is 2.24. The number of aliphatic hydroxyl groups is 1. The Morgan fingerprint density at radius 2 is 1.73 bits per heavy atom. The van der Waals surface area contributed by atoms with E-state index in [0.717, 1.165) is 19.3 Å². The quantitative estimate of drug-likeness (QED) is 0.862. The van der Waals surface area contributed by atoms with E-state index in [1.807, 2.05) is 0 Å². The summed E-state index contributed by atoms with van der Waals surface area (Å²) in [5.41, 5.74) is 0. The molecule has 2 fully saturated rings. The summed E-state index contributed by atoms with van der Waals surface area (Å²) in [5.74, 6) is -0.248. The first kappa shape index (κ1) is 17.6. The standard InChI is InChI=1S/C17H28O5/c1-10-5-14(7-12(3)18)21-17(8-10)9-11(2)6-15(22-17)16(20)13(4)19/h10-11,14-16,20H,5-9H2,1-4H3/t10?,11-,14?,15-,16-,17?/m0/s1. The minimum Gasteiger partial charge on any atom is -0.383 e. The van der Waals surface area contributed by atoms with Crippen molar-refractivity contribution in [3.05, 3.63) is 0 Å². The van der Waals surface area contributed by atoms with Gasteiger partial charge in [-0.15, -0.1) is 0 Å². The largest absolute Gasteiger partial charge is 0.383 e. The highest BCUT2D eigenvalue weighted by Crippen LogP contribution is 2.44. The minimum atomic E-state index is -1.10. The molecule has 2 rings (SSSR count). The highest BCUT2D eigenvalue weighted by molar-refractivity contribution is 5.80. The van der Waals surface area contributed by atoms with E-state index < -0.39 is 18.0 Å². The van der Waals surface area contributed by atoms with Crippen LogP contribution in [0.3, 0.4) is 0 Å². The Labute approximate surface area is 132 Å². The fraction of sp³-hybridized carbons (Fsp3) is 0.882. The first-order valence-electron chi connectivity index (χ1n) is 8.24. The van der Waals surface area contributed by atoms with Gasteiger partial charge in [0.25, 0.3) is 0 Å². The van der Waals surface area contributed by atoms with Crippen molar-refractivity contribution in [2.45, 2.75) is 83.9 Å². The molecule has 2 heterocycles. The number of hydrogen-bond acceptors (Lipinski definition) is 5. The molecule has 22 heavy (non-hydrogen) atoms. The maximum absolute atomic E-state index is 11.5. The van der Waals surface area contributed by atoms with Gasteiger partial charge in [0.2, 0.25) is 0 Å². The highest BCUT2D eigenvalue weighted by atomic mass is 16.7. The molecule has 0 aromatic heterocycles. The molecule has 0 bridgehead atoms. The molecule has 0 radical (unpaired) electrons. The lowest BCUT2D eigenvalue weighted by molar-refractivity contribution is -0.335. The summed E-state index contributed by atoms with van der Waals surface area (Å²) < 4.78 is 12.2. The van der Waals surface area contributed by atoms with E-state index in [1.54, 1.807) is 6.92 Å². The smallest absolute Gasteiger partial charge is 0.169 e. The lowest BCUT2D eigenvalue weighted by Gasteiger charge is -2.50. The summed E-state index contributed by atoms with van der Waals surface area (Å²) in [5, 5.41) is 10.1. The molecule has 0 aromatic rings. The zero-order valence-electron chi connectivity index (χ0n) is 14.0. The fourth-order valence-corrected chi connectivity index (χ4v) is 3.95. The molecule has 1 N–H and O–H groups in total. The van der Waals surface area contributed by atoms with Gasteiger partial charge in [-0.2, -0.15) is 0 Å². The second kappa shape index (κ2) is 6.77. The Morgan fingerprint density at radius 1 is 1.14 bits per heavy atom. The molecule has 5 heteroatoms. The van der Waals surface area contributed by atoms with Crippen LogP contribution in [0.1, 0.15) is 59.8 Å². The second-order valence-corrected chi connectivity index (χ2v) is 7.36. The molecule has 0 saturated carbocycles. The Bertz CT molecular complexity index is 431. The van der Waals surface area contributed by atoms with Crippen molar-refractivity contribution < 1.29 is 24.2 Å². The van der Waals surface area contributed by atoms with Gasteiger partial charge in [0.1, 0.15) is 11.9 Å². The van der Waals surface area contributed by atoms with Gasteiger partial charge in [-0.3, -0.25) is 9.59 Å². The van der Waals surface area contributed by atoms with Crippen LogP contribution in [0.5, 0.6) is 0 Å². The van der Waals surface area contributed by atoms with Gasteiger partial charge in [0.15, 0.2) is 11.6 Å². The van der Waals surface area contributed by atoms with Gasteiger partial charge in [-0.25, -0.2) is 0 Å². The summed E-state index contributed by atoms with van der Waals surface area (Å²) in [6, 6.07) is 0. The van der Waals surface area contributed by atoms with Crippen LogP contribution in [0.25, 0.3) is 0 Å². The van der Waals surface area contributed by atoms with Gasteiger partial charge in [0, 0.05) is 19.3 Å². The number of rotatable bonds is 4. The number of Topliss-reactive ketones (excluding diaryl/α,β-unsaturated/α-hetero) is 2. The molecule has 1 spiro atoms.